The Bertz CT molecular complexity index is 289. The van der Waals surface area contributed by atoms with Crippen LogP contribution in [0.3, 0.4) is 0 Å². The number of alkyl halides is 1. The standard InChI is InChI=1S/C8H11BrN2S2/c1-5-10-11-8(13-5)2-6-3-12-4-7(6)9/h6-7H,2-4H2,1H3. The van der Waals surface area contributed by atoms with Crippen molar-refractivity contribution in [3.8, 4) is 0 Å². The molecule has 0 aliphatic carbocycles. The van der Waals surface area contributed by atoms with Gasteiger partial charge in [0.05, 0.1) is 0 Å². The molecule has 2 nitrogen and oxygen atoms in total. The van der Waals surface area contributed by atoms with E-state index in [4.69, 9.17) is 0 Å². The maximum Gasteiger partial charge on any atom is 0.117 e. The van der Waals surface area contributed by atoms with Crippen molar-refractivity contribution in [2.24, 2.45) is 5.92 Å². The van der Waals surface area contributed by atoms with Gasteiger partial charge in [0, 0.05) is 17.0 Å². The molecule has 1 aliphatic rings. The van der Waals surface area contributed by atoms with E-state index in [1.165, 1.54) is 16.5 Å². The van der Waals surface area contributed by atoms with Crippen molar-refractivity contribution >= 4 is 39.0 Å². The van der Waals surface area contributed by atoms with Gasteiger partial charge in [-0.25, -0.2) is 0 Å². The zero-order valence-electron chi connectivity index (χ0n) is 7.36. The largest absolute Gasteiger partial charge is 0.160 e. The minimum Gasteiger partial charge on any atom is -0.160 e. The fourth-order valence-electron chi connectivity index (χ4n) is 1.40. The summed E-state index contributed by atoms with van der Waals surface area (Å²) in [6, 6.07) is 0. The van der Waals surface area contributed by atoms with Crippen LogP contribution in [0.15, 0.2) is 0 Å². The third-order valence-electron chi connectivity index (χ3n) is 2.13. The average molecular weight is 279 g/mol. The molecule has 0 spiro atoms. The molecule has 72 valence electrons. The topological polar surface area (TPSA) is 25.8 Å². The average Bonchev–Trinajstić information content (AvgIpc) is 2.64. The Labute approximate surface area is 94.7 Å². The highest BCUT2D eigenvalue weighted by Crippen LogP contribution is 2.32. The first-order chi connectivity index (χ1) is 6.25. The Morgan fingerprint density at radius 3 is 2.85 bits per heavy atom. The SMILES string of the molecule is Cc1nnc(CC2CSCC2Br)s1. The molecule has 2 heterocycles. The van der Waals surface area contributed by atoms with Crippen molar-refractivity contribution in [1.82, 2.24) is 10.2 Å². The Balaban J connectivity index is 1.97. The van der Waals surface area contributed by atoms with Gasteiger partial charge in [0.1, 0.15) is 10.0 Å². The summed E-state index contributed by atoms with van der Waals surface area (Å²) in [5.41, 5.74) is 0. The van der Waals surface area contributed by atoms with Crippen LogP contribution in [0.25, 0.3) is 0 Å². The molecule has 0 amide bonds. The van der Waals surface area contributed by atoms with Gasteiger partial charge in [-0.05, 0) is 18.6 Å². The molecule has 13 heavy (non-hydrogen) atoms. The summed E-state index contributed by atoms with van der Waals surface area (Å²) in [7, 11) is 0. The lowest BCUT2D eigenvalue weighted by atomic mass is 10.1. The van der Waals surface area contributed by atoms with Crippen LogP contribution in [0.4, 0.5) is 0 Å². The molecule has 1 aromatic rings. The first-order valence-electron chi connectivity index (χ1n) is 4.26. The summed E-state index contributed by atoms with van der Waals surface area (Å²) in [5, 5.41) is 10.4. The Kier molecular flexibility index (Phi) is 3.26. The van der Waals surface area contributed by atoms with Gasteiger partial charge in [0.2, 0.25) is 0 Å². The molecule has 1 fully saturated rings. The van der Waals surface area contributed by atoms with Crippen molar-refractivity contribution in [2.75, 3.05) is 11.5 Å². The number of halogens is 1. The molecule has 0 aromatic carbocycles. The number of hydrogen-bond donors (Lipinski definition) is 0. The predicted molar refractivity (Wildman–Crippen MR) is 61.9 cm³/mol. The smallest absolute Gasteiger partial charge is 0.117 e. The van der Waals surface area contributed by atoms with Gasteiger partial charge in [-0.2, -0.15) is 11.8 Å². The number of nitrogens with zero attached hydrogens (tertiary/aromatic N) is 2. The van der Waals surface area contributed by atoms with Crippen LogP contribution in [0.5, 0.6) is 0 Å². The highest BCUT2D eigenvalue weighted by molar-refractivity contribution is 9.09. The molecular formula is C8H11BrN2S2. The summed E-state index contributed by atoms with van der Waals surface area (Å²) < 4.78 is 0. The fourth-order valence-corrected chi connectivity index (χ4v) is 4.67. The van der Waals surface area contributed by atoms with Gasteiger partial charge in [0.25, 0.3) is 0 Å². The van der Waals surface area contributed by atoms with Crippen LogP contribution >= 0.6 is 39.0 Å². The monoisotopic (exact) mass is 278 g/mol. The summed E-state index contributed by atoms with van der Waals surface area (Å²) in [6.45, 7) is 2.01. The summed E-state index contributed by atoms with van der Waals surface area (Å²) in [6.07, 6.45) is 1.09. The summed E-state index contributed by atoms with van der Waals surface area (Å²) in [5.74, 6) is 3.24. The van der Waals surface area contributed by atoms with E-state index in [0.717, 1.165) is 17.3 Å². The predicted octanol–water partition coefficient (Wildman–Crippen LogP) is 2.52. The van der Waals surface area contributed by atoms with E-state index in [0.29, 0.717) is 4.83 Å². The van der Waals surface area contributed by atoms with Gasteiger partial charge >= 0.3 is 0 Å². The number of rotatable bonds is 2. The molecule has 0 radical (unpaired) electrons. The second-order valence-corrected chi connectivity index (χ2v) is 6.75. The van der Waals surface area contributed by atoms with Gasteiger partial charge in [-0.3, -0.25) is 0 Å². The maximum absolute atomic E-state index is 4.15. The first kappa shape index (κ1) is 9.93. The summed E-state index contributed by atoms with van der Waals surface area (Å²) in [4.78, 5) is 0.668. The van der Waals surface area contributed by atoms with Gasteiger partial charge in [-0.1, -0.05) is 15.9 Å². The van der Waals surface area contributed by atoms with Crippen LogP contribution in [0.1, 0.15) is 10.0 Å². The van der Waals surface area contributed by atoms with E-state index in [-0.39, 0.29) is 0 Å². The zero-order valence-corrected chi connectivity index (χ0v) is 10.6. The lowest BCUT2D eigenvalue weighted by Gasteiger charge is -2.09. The van der Waals surface area contributed by atoms with Crippen LogP contribution in [0, 0.1) is 12.8 Å². The first-order valence-corrected chi connectivity index (χ1v) is 7.15. The molecule has 5 heteroatoms. The van der Waals surface area contributed by atoms with Crippen molar-refractivity contribution in [3.05, 3.63) is 10.0 Å². The van der Waals surface area contributed by atoms with Gasteiger partial charge < -0.3 is 0 Å². The Morgan fingerprint density at radius 1 is 1.46 bits per heavy atom. The van der Waals surface area contributed by atoms with Crippen LogP contribution in [-0.2, 0) is 6.42 Å². The molecule has 0 saturated carbocycles. The Morgan fingerprint density at radius 2 is 2.31 bits per heavy atom. The lowest BCUT2D eigenvalue weighted by Crippen LogP contribution is -2.14. The molecule has 0 bridgehead atoms. The lowest BCUT2D eigenvalue weighted by molar-refractivity contribution is 0.610. The fraction of sp³-hybridized carbons (Fsp3) is 0.750. The van der Waals surface area contributed by atoms with Gasteiger partial charge in [0.15, 0.2) is 0 Å². The van der Waals surface area contributed by atoms with E-state index in [2.05, 4.69) is 26.1 Å². The second-order valence-electron chi connectivity index (χ2n) is 3.23. The third kappa shape index (κ3) is 2.44. The summed E-state index contributed by atoms with van der Waals surface area (Å²) >= 11 is 7.45. The van der Waals surface area contributed by atoms with Gasteiger partial charge in [-0.15, -0.1) is 21.5 Å². The highest BCUT2D eigenvalue weighted by atomic mass is 79.9. The Hall–Kier alpha value is 0.390. The third-order valence-corrected chi connectivity index (χ3v) is 5.74. The number of hydrogen-bond acceptors (Lipinski definition) is 4. The van der Waals surface area contributed by atoms with Crippen molar-refractivity contribution in [1.29, 1.82) is 0 Å². The molecule has 1 aromatic heterocycles. The number of thioether (sulfide) groups is 1. The molecule has 1 saturated heterocycles. The van der Waals surface area contributed by atoms with Crippen molar-refractivity contribution in [3.63, 3.8) is 0 Å². The van der Waals surface area contributed by atoms with E-state index in [9.17, 15) is 0 Å². The van der Waals surface area contributed by atoms with Crippen LogP contribution in [-0.4, -0.2) is 26.5 Å². The van der Waals surface area contributed by atoms with Crippen LogP contribution < -0.4 is 0 Å². The minimum absolute atomic E-state index is 0.668. The highest BCUT2D eigenvalue weighted by Gasteiger charge is 2.26. The molecule has 2 rings (SSSR count). The maximum atomic E-state index is 4.15. The molecular weight excluding hydrogens is 268 g/mol. The minimum atomic E-state index is 0.668. The van der Waals surface area contributed by atoms with E-state index < -0.39 is 0 Å². The second kappa shape index (κ2) is 4.28. The molecule has 0 N–H and O–H groups in total. The molecule has 2 unspecified atom stereocenters. The van der Waals surface area contributed by atoms with E-state index in [1.807, 2.05) is 18.7 Å². The van der Waals surface area contributed by atoms with Crippen LogP contribution in [0.2, 0.25) is 0 Å². The molecule has 2 atom stereocenters. The van der Waals surface area contributed by atoms with Crippen molar-refractivity contribution < 1.29 is 0 Å². The zero-order chi connectivity index (χ0) is 9.26. The number of aryl methyl sites for hydroxylation is 1. The van der Waals surface area contributed by atoms with Crippen molar-refractivity contribution in [2.45, 2.75) is 18.2 Å². The molecule has 1 aliphatic heterocycles. The number of aromatic nitrogens is 2. The van der Waals surface area contributed by atoms with E-state index >= 15 is 0 Å². The normalized spacial score (nSPS) is 28.2. The van der Waals surface area contributed by atoms with E-state index in [1.54, 1.807) is 11.3 Å². The quantitative estimate of drug-likeness (QED) is 0.778.